The third kappa shape index (κ3) is 49.4. The quantitative estimate of drug-likeness (QED) is 0.0344. The zero-order chi connectivity index (χ0) is 45.4. The van der Waals surface area contributed by atoms with Crippen LogP contribution in [0.15, 0.2) is 0 Å². The maximum Gasteiger partial charge on any atom is 0.306 e. The fourth-order valence-electron chi connectivity index (χ4n) is 8.52. The molecule has 62 heavy (non-hydrogen) atoms. The van der Waals surface area contributed by atoms with Crippen molar-refractivity contribution in [2.45, 2.75) is 317 Å². The Bertz CT molecular complexity index is 947. The van der Waals surface area contributed by atoms with Crippen molar-refractivity contribution in [1.29, 1.82) is 0 Å². The van der Waals surface area contributed by atoms with E-state index in [1.807, 2.05) is 0 Å². The minimum Gasteiger partial charge on any atom is -0.462 e. The Hall–Kier alpha value is -1.59. The Balaban J connectivity index is 4.22. The highest BCUT2D eigenvalue weighted by molar-refractivity contribution is 5.71. The summed E-state index contributed by atoms with van der Waals surface area (Å²) in [6, 6.07) is 0. The maximum absolute atomic E-state index is 12.8. The number of ether oxygens (including phenoxy) is 3. The van der Waals surface area contributed by atoms with E-state index < -0.39 is 6.10 Å². The second-order valence-corrected chi connectivity index (χ2v) is 20.2. The normalized spacial score (nSPS) is 12.0. The van der Waals surface area contributed by atoms with Gasteiger partial charge in [0.1, 0.15) is 13.2 Å². The molecule has 0 rings (SSSR count). The number of hydrogen-bond donors (Lipinski definition) is 0. The van der Waals surface area contributed by atoms with Gasteiger partial charge in [0, 0.05) is 19.3 Å². The lowest BCUT2D eigenvalue weighted by Crippen LogP contribution is -2.30. The van der Waals surface area contributed by atoms with Crippen LogP contribution in [0.25, 0.3) is 0 Å². The lowest BCUT2D eigenvalue weighted by Gasteiger charge is -2.18. The molecule has 0 aliphatic heterocycles. The van der Waals surface area contributed by atoms with Gasteiger partial charge >= 0.3 is 17.9 Å². The summed E-state index contributed by atoms with van der Waals surface area (Å²) in [5.41, 5.74) is 0. The monoisotopic (exact) mass is 877 g/mol. The molecule has 0 bridgehead atoms. The third-order valence-corrected chi connectivity index (χ3v) is 12.7. The number of unbranched alkanes of at least 4 members (excludes halogenated alkanes) is 35. The van der Waals surface area contributed by atoms with Gasteiger partial charge in [-0.05, 0) is 31.1 Å². The highest BCUT2D eigenvalue weighted by Gasteiger charge is 2.19. The summed E-state index contributed by atoms with van der Waals surface area (Å²) in [5.74, 6) is 0.752. The summed E-state index contributed by atoms with van der Waals surface area (Å²) < 4.78 is 16.8. The van der Waals surface area contributed by atoms with Crippen molar-refractivity contribution in [2.75, 3.05) is 13.2 Å². The van der Waals surface area contributed by atoms with Crippen LogP contribution in [0.1, 0.15) is 311 Å². The molecule has 0 saturated carbocycles. The Morgan fingerprint density at radius 2 is 0.532 bits per heavy atom. The van der Waals surface area contributed by atoms with Crippen LogP contribution in [-0.4, -0.2) is 37.2 Å². The molecule has 0 fully saturated rings. The largest absolute Gasteiger partial charge is 0.462 e. The molecule has 0 heterocycles. The smallest absolute Gasteiger partial charge is 0.306 e. The first-order valence-electron chi connectivity index (χ1n) is 27.7. The molecule has 6 nitrogen and oxygen atoms in total. The van der Waals surface area contributed by atoms with Gasteiger partial charge in [-0.15, -0.1) is 0 Å². The molecule has 6 heteroatoms. The van der Waals surface area contributed by atoms with Crippen LogP contribution in [0.2, 0.25) is 0 Å². The molecule has 0 N–H and O–H groups in total. The fraction of sp³-hybridized carbons (Fsp3) is 0.946. The van der Waals surface area contributed by atoms with Crippen molar-refractivity contribution >= 4 is 17.9 Å². The molecule has 0 radical (unpaired) electrons. The van der Waals surface area contributed by atoms with Gasteiger partial charge in [0.15, 0.2) is 6.10 Å². The maximum atomic E-state index is 12.8. The highest BCUT2D eigenvalue weighted by Crippen LogP contribution is 2.18. The number of carbonyl (C=O) groups excluding carboxylic acids is 3. The van der Waals surface area contributed by atoms with Crippen molar-refractivity contribution in [3.05, 3.63) is 0 Å². The van der Waals surface area contributed by atoms with E-state index >= 15 is 0 Å². The van der Waals surface area contributed by atoms with Crippen molar-refractivity contribution in [1.82, 2.24) is 0 Å². The molecule has 0 aromatic heterocycles. The van der Waals surface area contributed by atoms with Crippen LogP contribution in [0.5, 0.6) is 0 Å². The van der Waals surface area contributed by atoms with Crippen LogP contribution < -0.4 is 0 Å². The fourth-order valence-corrected chi connectivity index (χ4v) is 8.52. The molecule has 0 saturated heterocycles. The van der Waals surface area contributed by atoms with E-state index in [-0.39, 0.29) is 31.1 Å². The molecule has 0 aromatic carbocycles. The lowest BCUT2D eigenvalue weighted by molar-refractivity contribution is -0.167. The van der Waals surface area contributed by atoms with Crippen LogP contribution in [0.4, 0.5) is 0 Å². The SMILES string of the molecule is CCCCCCCCCCCCCCCCCCCCCC(=O)OC[C@H](COC(=O)CCCCCCCCC(C)C)OC(=O)CCCCCCCCCCCCCCCC(C)C. The molecule has 0 spiro atoms. The van der Waals surface area contributed by atoms with Gasteiger partial charge in [0.25, 0.3) is 0 Å². The van der Waals surface area contributed by atoms with Crippen LogP contribution >= 0.6 is 0 Å². The third-order valence-electron chi connectivity index (χ3n) is 12.7. The van der Waals surface area contributed by atoms with Crippen molar-refractivity contribution in [2.24, 2.45) is 11.8 Å². The van der Waals surface area contributed by atoms with Crippen LogP contribution in [0, 0.1) is 11.8 Å². The number of hydrogen-bond acceptors (Lipinski definition) is 6. The molecule has 0 aromatic rings. The average Bonchev–Trinajstić information content (AvgIpc) is 3.24. The zero-order valence-corrected chi connectivity index (χ0v) is 42.5. The first kappa shape index (κ1) is 60.4. The number of esters is 3. The van der Waals surface area contributed by atoms with Gasteiger partial charge in [-0.3, -0.25) is 14.4 Å². The molecule has 0 aliphatic carbocycles. The van der Waals surface area contributed by atoms with E-state index in [0.717, 1.165) is 69.6 Å². The van der Waals surface area contributed by atoms with Gasteiger partial charge in [0.2, 0.25) is 0 Å². The van der Waals surface area contributed by atoms with E-state index in [2.05, 4.69) is 34.6 Å². The van der Waals surface area contributed by atoms with E-state index in [1.54, 1.807) is 0 Å². The summed E-state index contributed by atoms with van der Waals surface area (Å²) >= 11 is 0. The Kier molecular flexibility index (Phi) is 47.6. The second kappa shape index (κ2) is 48.9. The topological polar surface area (TPSA) is 78.9 Å². The van der Waals surface area contributed by atoms with E-state index in [1.165, 1.54) is 199 Å². The first-order chi connectivity index (χ1) is 30.2. The minimum absolute atomic E-state index is 0.0640. The minimum atomic E-state index is -0.762. The molecule has 368 valence electrons. The van der Waals surface area contributed by atoms with E-state index in [4.69, 9.17) is 14.2 Å². The van der Waals surface area contributed by atoms with Crippen molar-refractivity contribution in [3.8, 4) is 0 Å². The van der Waals surface area contributed by atoms with Gasteiger partial charge in [-0.1, -0.05) is 272 Å². The Morgan fingerprint density at radius 1 is 0.306 bits per heavy atom. The molecular weight excluding hydrogens is 769 g/mol. The van der Waals surface area contributed by atoms with Gasteiger partial charge in [-0.25, -0.2) is 0 Å². The molecule has 0 unspecified atom stereocenters. The molecule has 0 aliphatic rings. The zero-order valence-electron chi connectivity index (χ0n) is 42.5. The lowest BCUT2D eigenvalue weighted by atomic mass is 10.0. The second-order valence-electron chi connectivity index (χ2n) is 20.2. The summed E-state index contributed by atoms with van der Waals surface area (Å²) in [4.78, 5) is 38.0. The number of rotatable bonds is 50. The predicted molar refractivity (Wildman–Crippen MR) is 266 cm³/mol. The Morgan fingerprint density at radius 3 is 0.790 bits per heavy atom. The molecule has 1 atom stereocenters. The average molecular weight is 877 g/mol. The molecular formula is C56H108O6. The number of carbonyl (C=O) groups is 3. The molecule has 0 amide bonds. The summed E-state index contributed by atoms with van der Waals surface area (Å²) in [6.07, 6.45) is 51.1. The first-order valence-corrected chi connectivity index (χ1v) is 27.7. The van der Waals surface area contributed by atoms with E-state index in [0.29, 0.717) is 19.3 Å². The van der Waals surface area contributed by atoms with Gasteiger partial charge < -0.3 is 14.2 Å². The van der Waals surface area contributed by atoms with Gasteiger partial charge in [-0.2, -0.15) is 0 Å². The summed E-state index contributed by atoms with van der Waals surface area (Å²) in [7, 11) is 0. The summed E-state index contributed by atoms with van der Waals surface area (Å²) in [6.45, 7) is 11.3. The highest BCUT2D eigenvalue weighted by atomic mass is 16.6. The van der Waals surface area contributed by atoms with Crippen LogP contribution in [0.3, 0.4) is 0 Å². The van der Waals surface area contributed by atoms with Gasteiger partial charge in [0.05, 0.1) is 0 Å². The predicted octanol–water partition coefficient (Wildman–Crippen LogP) is 18.1. The van der Waals surface area contributed by atoms with Crippen molar-refractivity contribution in [3.63, 3.8) is 0 Å². The van der Waals surface area contributed by atoms with Crippen LogP contribution in [-0.2, 0) is 28.6 Å². The summed E-state index contributed by atoms with van der Waals surface area (Å²) in [5, 5.41) is 0. The van der Waals surface area contributed by atoms with Crippen molar-refractivity contribution < 1.29 is 28.6 Å². The Labute approximate surface area is 387 Å². The standard InChI is InChI=1S/C56H108O6/c1-6-7-8-9-10-11-12-13-14-15-16-17-18-21-24-27-30-36-41-46-54(57)60-49-53(50-61-55(58)47-42-37-33-32-35-40-45-52(4)5)62-56(59)48-43-38-31-28-25-22-19-20-23-26-29-34-39-44-51(2)3/h51-53H,6-50H2,1-5H3/t53-/m1/s1. The van der Waals surface area contributed by atoms with E-state index in [9.17, 15) is 14.4 Å².